The molecule has 1 aromatic heterocycles. The van der Waals surface area contributed by atoms with Gasteiger partial charge in [0.25, 0.3) is 17.7 Å². The van der Waals surface area contributed by atoms with Gasteiger partial charge in [-0.1, -0.05) is 36.7 Å². The number of nitrogens with two attached hydrogens (primary N) is 2. The molecule has 57 heavy (non-hydrogen) atoms. The van der Waals surface area contributed by atoms with Gasteiger partial charge in [-0.2, -0.15) is 0 Å². The van der Waals surface area contributed by atoms with Crippen molar-refractivity contribution in [1.82, 2.24) is 35.7 Å². The number of nitrogen functional groups attached to an aromatic ring is 2. The third kappa shape index (κ3) is 15.4. The van der Waals surface area contributed by atoms with E-state index in [1.165, 1.54) is 5.56 Å². The van der Waals surface area contributed by atoms with Gasteiger partial charge in [-0.3, -0.25) is 14.4 Å². The number of aromatic nitrogens is 2. The van der Waals surface area contributed by atoms with E-state index in [1.54, 1.807) is 0 Å². The van der Waals surface area contributed by atoms with Crippen molar-refractivity contribution in [2.24, 2.45) is 11.8 Å². The Morgan fingerprint density at radius 3 is 2.21 bits per heavy atom. The van der Waals surface area contributed by atoms with Crippen LogP contribution in [0, 0.1) is 11.8 Å². The first kappa shape index (κ1) is 45.3. The topological polar surface area (TPSA) is 190 Å². The fraction of sp³-hybridized carbons (Fsp3) is 0.585. The number of hydrogen-bond donors (Lipinski definition) is 5. The average Bonchev–Trinajstić information content (AvgIpc) is 3.15. The van der Waals surface area contributed by atoms with Gasteiger partial charge in [0.1, 0.15) is 11.5 Å². The molecule has 4 unspecified atom stereocenters. The molecule has 2 heterocycles. The molecule has 1 saturated heterocycles. The molecule has 2 aromatic rings. The molecule has 7 N–H and O–H groups in total. The van der Waals surface area contributed by atoms with Gasteiger partial charge in [0.2, 0.25) is 0 Å². The number of nitrogens with one attached hydrogen (secondary N) is 3. The fourth-order valence-electron chi connectivity index (χ4n) is 7.38. The number of anilines is 2. The second-order valence-corrected chi connectivity index (χ2v) is 16.2. The summed E-state index contributed by atoms with van der Waals surface area (Å²) >= 11 is 6.09. The highest BCUT2D eigenvalue weighted by Gasteiger charge is 2.36. The van der Waals surface area contributed by atoms with Crippen LogP contribution in [-0.2, 0) is 20.7 Å². The molecule has 1 aliphatic heterocycles. The van der Waals surface area contributed by atoms with Crippen LogP contribution >= 0.6 is 11.6 Å². The summed E-state index contributed by atoms with van der Waals surface area (Å²) in [5.74, 6) is 1.28. The highest BCUT2D eigenvalue weighted by Crippen LogP contribution is 2.29. The van der Waals surface area contributed by atoms with Crippen LogP contribution in [0.1, 0.15) is 55.1 Å². The molecular formula is C41H64ClN10O5+. The number of halogens is 1. The number of carbonyl (C=O) groups is 3. The molecule has 0 spiro atoms. The van der Waals surface area contributed by atoms with Crippen molar-refractivity contribution in [2.75, 3.05) is 105 Å². The number of rotatable bonds is 22. The first-order valence-electron chi connectivity index (χ1n) is 20.0. The van der Waals surface area contributed by atoms with Crippen molar-refractivity contribution < 1.29 is 28.3 Å². The Bertz CT molecular complexity index is 1690. The van der Waals surface area contributed by atoms with Crippen LogP contribution in [0.2, 0.25) is 5.15 Å². The van der Waals surface area contributed by atoms with Gasteiger partial charge in [0.05, 0.1) is 32.2 Å². The molecule has 1 aliphatic carbocycles. The zero-order valence-corrected chi connectivity index (χ0v) is 35.2. The maximum Gasteiger partial charge on any atom is 0.274 e. The first-order valence-corrected chi connectivity index (χ1v) is 20.4. The Balaban J connectivity index is 1.33. The summed E-state index contributed by atoms with van der Waals surface area (Å²) in [6.07, 6.45) is 12.0. The Hall–Kier alpha value is -4.44. The molecule has 1 aromatic carbocycles. The minimum absolute atomic E-state index is 0.00259. The van der Waals surface area contributed by atoms with E-state index in [9.17, 15) is 14.4 Å². The van der Waals surface area contributed by atoms with E-state index < -0.39 is 5.91 Å². The third-order valence-corrected chi connectivity index (χ3v) is 10.8. The van der Waals surface area contributed by atoms with Gasteiger partial charge in [-0.25, -0.2) is 9.97 Å². The van der Waals surface area contributed by atoms with Gasteiger partial charge in [-0.15, -0.1) is 0 Å². The zero-order valence-electron chi connectivity index (χ0n) is 34.4. The van der Waals surface area contributed by atoms with Crippen molar-refractivity contribution in [3.8, 4) is 5.75 Å². The van der Waals surface area contributed by atoms with Gasteiger partial charge in [0.15, 0.2) is 35.7 Å². The molecule has 15 nitrogen and oxygen atoms in total. The minimum atomic E-state index is -0.405. The number of likely N-dealkylation sites (tertiary alicyclic amines) is 1. The number of ether oxygens (including phenoxy) is 2. The summed E-state index contributed by atoms with van der Waals surface area (Å²) < 4.78 is 12.4. The van der Waals surface area contributed by atoms with E-state index in [0.717, 1.165) is 88.0 Å². The van der Waals surface area contributed by atoms with E-state index >= 15 is 0 Å². The smallest absolute Gasteiger partial charge is 0.274 e. The van der Waals surface area contributed by atoms with Crippen LogP contribution in [0.3, 0.4) is 0 Å². The summed E-state index contributed by atoms with van der Waals surface area (Å²) in [5, 5.41) is 8.87. The summed E-state index contributed by atoms with van der Waals surface area (Å²) in [6.45, 7) is 8.62. The maximum absolute atomic E-state index is 13.3. The SMILES string of the molecule is CC1C=C(OCC(=O)NCCN(C)C)C=CC1CCC[N+]1(CCCc2ccc(OCC(=O)NCCN(C)C)cc2)CCCC(NC(=O)c2nc(Cl)c(N)nc2N)C1. The summed E-state index contributed by atoms with van der Waals surface area (Å²) in [7, 11) is 7.86. The Morgan fingerprint density at radius 2 is 1.56 bits per heavy atom. The van der Waals surface area contributed by atoms with Crippen LogP contribution in [0.5, 0.6) is 5.75 Å². The number of piperidine rings is 1. The second-order valence-electron chi connectivity index (χ2n) is 15.9. The highest BCUT2D eigenvalue weighted by atomic mass is 35.5. The lowest BCUT2D eigenvalue weighted by molar-refractivity contribution is -0.933. The number of benzene rings is 1. The lowest BCUT2D eigenvalue weighted by Crippen LogP contribution is -2.60. The monoisotopic (exact) mass is 811 g/mol. The van der Waals surface area contributed by atoms with Crippen molar-refractivity contribution in [2.45, 2.75) is 51.5 Å². The van der Waals surface area contributed by atoms with Crippen molar-refractivity contribution in [3.63, 3.8) is 0 Å². The predicted octanol–water partition coefficient (Wildman–Crippen LogP) is 2.87. The number of amides is 3. The minimum Gasteiger partial charge on any atom is -0.484 e. The standard InChI is InChI=1S/C41H63ClN10O5/c1-29-25-34(57-28-36(54)46-19-21-51(4)5)17-14-31(29)10-7-23-52(24-8-11-32(26-52)47-41(55)37-39(43)49-40(44)38(42)48-37)22-6-9-30-12-15-33(16-13-30)56-27-35(53)45-18-20-50(2)3/h12-17,25,29,31-32H,6-11,18-24,26-28H2,1-5H3,(H6-,43,44,45,46,47,49,53,54,55)/p+1. The summed E-state index contributed by atoms with van der Waals surface area (Å²) in [6, 6.07) is 7.89. The van der Waals surface area contributed by atoms with Gasteiger partial charge < -0.3 is 51.2 Å². The molecule has 0 radical (unpaired) electrons. The lowest BCUT2D eigenvalue weighted by atomic mass is 9.85. The molecule has 314 valence electrons. The normalized spacial score (nSPS) is 20.6. The van der Waals surface area contributed by atoms with Crippen molar-refractivity contribution in [3.05, 3.63) is 64.7 Å². The zero-order chi connectivity index (χ0) is 41.4. The van der Waals surface area contributed by atoms with Crippen LogP contribution in [0.25, 0.3) is 0 Å². The number of likely N-dealkylation sites (N-methyl/N-ethyl adjacent to an activating group) is 2. The first-order chi connectivity index (χ1) is 27.2. The van der Waals surface area contributed by atoms with E-state index in [4.69, 9.17) is 32.5 Å². The molecular weight excluding hydrogens is 748 g/mol. The average molecular weight is 812 g/mol. The Labute approximate surface area is 343 Å². The Morgan fingerprint density at radius 1 is 0.912 bits per heavy atom. The quantitative estimate of drug-likeness (QED) is 0.110. The number of hydrogen-bond acceptors (Lipinski definition) is 11. The highest BCUT2D eigenvalue weighted by molar-refractivity contribution is 6.31. The molecule has 4 rings (SSSR count). The third-order valence-electron chi connectivity index (χ3n) is 10.6. The number of nitrogens with zero attached hydrogens (tertiary/aromatic N) is 5. The molecule has 16 heteroatoms. The molecule has 3 amide bonds. The number of aryl methyl sites for hydroxylation is 1. The summed E-state index contributed by atoms with van der Waals surface area (Å²) in [5.41, 5.74) is 12.9. The predicted molar refractivity (Wildman–Crippen MR) is 225 cm³/mol. The van der Waals surface area contributed by atoms with Crippen molar-refractivity contribution >= 4 is 41.0 Å². The number of carbonyl (C=O) groups excluding carboxylic acids is 3. The Kier molecular flexibility index (Phi) is 17.9. The van der Waals surface area contributed by atoms with E-state index in [0.29, 0.717) is 24.8 Å². The molecule has 2 aliphatic rings. The van der Waals surface area contributed by atoms with Gasteiger partial charge in [0, 0.05) is 32.6 Å². The van der Waals surface area contributed by atoms with Crippen LogP contribution in [0.4, 0.5) is 11.6 Å². The molecule has 1 fully saturated rings. The molecule has 0 bridgehead atoms. The number of quaternary nitrogens is 1. The van der Waals surface area contributed by atoms with Gasteiger partial charge in [-0.05, 0) is 102 Å². The van der Waals surface area contributed by atoms with Gasteiger partial charge >= 0.3 is 0 Å². The number of allylic oxidation sites excluding steroid dienone is 3. The summed E-state index contributed by atoms with van der Waals surface area (Å²) in [4.78, 5) is 49.8. The van der Waals surface area contributed by atoms with Crippen molar-refractivity contribution in [1.29, 1.82) is 0 Å². The van der Waals surface area contributed by atoms with E-state index in [1.807, 2.05) is 56.2 Å². The fourth-order valence-corrected chi connectivity index (χ4v) is 7.51. The second kappa shape index (κ2) is 22.5. The van der Waals surface area contributed by atoms with Crippen LogP contribution < -0.4 is 32.2 Å². The molecule has 4 atom stereocenters. The largest absolute Gasteiger partial charge is 0.484 e. The molecule has 0 saturated carbocycles. The van der Waals surface area contributed by atoms with E-state index in [-0.39, 0.29) is 59.5 Å². The van der Waals surface area contributed by atoms with E-state index in [2.05, 4.69) is 57.1 Å². The lowest BCUT2D eigenvalue weighted by Gasteiger charge is -2.45. The van der Waals surface area contributed by atoms with Crippen LogP contribution in [-0.4, -0.2) is 142 Å². The maximum atomic E-state index is 13.3. The van der Waals surface area contributed by atoms with Crippen LogP contribution in [0.15, 0.2) is 48.3 Å².